The lowest BCUT2D eigenvalue weighted by Gasteiger charge is -2.26. The van der Waals surface area contributed by atoms with Crippen LogP contribution in [0.1, 0.15) is 32.6 Å². The molecule has 0 amide bonds. The van der Waals surface area contributed by atoms with Crippen LogP contribution >= 0.6 is 0 Å². The molecule has 0 aromatic heterocycles. The molecule has 1 rings (SSSR count). The lowest BCUT2D eigenvalue weighted by molar-refractivity contribution is 0.0708. The monoisotopic (exact) mass is 157 g/mol. The molecule has 0 radical (unpaired) electrons. The van der Waals surface area contributed by atoms with E-state index in [1.54, 1.807) is 7.11 Å². The summed E-state index contributed by atoms with van der Waals surface area (Å²) in [6.07, 6.45) is 5.57. The number of hydrogen-bond acceptors (Lipinski definition) is 2. The Morgan fingerprint density at radius 1 is 1.45 bits per heavy atom. The van der Waals surface area contributed by atoms with Gasteiger partial charge in [-0.15, -0.1) is 0 Å². The van der Waals surface area contributed by atoms with E-state index in [0.29, 0.717) is 0 Å². The highest BCUT2D eigenvalue weighted by atomic mass is 16.6. The van der Waals surface area contributed by atoms with Crippen molar-refractivity contribution in [1.29, 1.82) is 0 Å². The molecule has 1 aliphatic rings. The van der Waals surface area contributed by atoms with Crippen molar-refractivity contribution in [3.8, 4) is 0 Å². The van der Waals surface area contributed by atoms with E-state index in [1.165, 1.54) is 25.7 Å². The second kappa shape index (κ2) is 4.73. The van der Waals surface area contributed by atoms with Crippen molar-refractivity contribution in [3.63, 3.8) is 0 Å². The molecule has 0 spiro atoms. The van der Waals surface area contributed by atoms with Crippen LogP contribution < -0.4 is 5.48 Å². The van der Waals surface area contributed by atoms with Gasteiger partial charge in [-0.25, -0.2) is 5.48 Å². The highest BCUT2D eigenvalue weighted by Gasteiger charge is 2.17. The first-order valence-corrected chi connectivity index (χ1v) is 4.58. The van der Waals surface area contributed by atoms with E-state index in [2.05, 4.69) is 12.4 Å². The molecule has 2 atom stereocenters. The third kappa shape index (κ3) is 3.21. The van der Waals surface area contributed by atoms with E-state index in [1.807, 2.05) is 0 Å². The Bertz CT molecular complexity index is 106. The van der Waals surface area contributed by atoms with Crippen LogP contribution in [0.2, 0.25) is 0 Å². The molecule has 2 nitrogen and oxygen atoms in total. The van der Waals surface area contributed by atoms with Crippen LogP contribution in [0.15, 0.2) is 0 Å². The maximum atomic E-state index is 4.83. The van der Waals surface area contributed by atoms with Gasteiger partial charge < -0.3 is 4.84 Å². The van der Waals surface area contributed by atoms with Crippen molar-refractivity contribution >= 4 is 0 Å². The van der Waals surface area contributed by atoms with Crippen molar-refractivity contribution in [1.82, 2.24) is 5.48 Å². The van der Waals surface area contributed by atoms with Crippen molar-refractivity contribution in [2.75, 3.05) is 13.7 Å². The minimum atomic E-state index is 0.846. The molecule has 2 heteroatoms. The van der Waals surface area contributed by atoms with Gasteiger partial charge >= 0.3 is 0 Å². The molecule has 1 fully saturated rings. The predicted molar refractivity (Wildman–Crippen MR) is 46.1 cm³/mol. The average molecular weight is 157 g/mol. The van der Waals surface area contributed by atoms with Crippen LogP contribution in [-0.4, -0.2) is 13.7 Å². The molecule has 66 valence electrons. The van der Waals surface area contributed by atoms with E-state index >= 15 is 0 Å². The Labute approximate surface area is 69.3 Å². The first-order valence-electron chi connectivity index (χ1n) is 4.58. The number of hydroxylamine groups is 1. The summed E-state index contributed by atoms with van der Waals surface area (Å²) in [5.41, 5.74) is 2.94. The smallest absolute Gasteiger partial charge is 0.0572 e. The summed E-state index contributed by atoms with van der Waals surface area (Å²) in [5.74, 6) is 1.77. The van der Waals surface area contributed by atoms with Crippen LogP contribution in [0.3, 0.4) is 0 Å². The summed E-state index contributed by atoms with van der Waals surface area (Å²) in [7, 11) is 1.69. The zero-order valence-corrected chi connectivity index (χ0v) is 7.60. The average Bonchev–Trinajstić information content (AvgIpc) is 2.01. The van der Waals surface area contributed by atoms with Crippen molar-refractivity contribution in [2.45, 2.75) is 32.6 Å². The van der Waals surface area contributed by atoms with Crippen LogP contribution in [-0.2, 0) is 4.84 Å². The standard InChI is InChI=1S/C9H19NO/c1-8-4-3-5-9(6-8)7-10-11-2/h8-10H,3-7H2,1-2H3/t8-,9-/m0/s1. The normalized spacial score (nSPS) is 32.2. The first-order chi connectivity index (χ1) is 5.33. The lowest BCUT2D eigenvalue weighted by atomic mass is 9.82. The summed E-state index contributed by atoms with van der Waals surface area (Å²) < 4.78 is 0. The fraction of sp³-hybridized carbons (Fsp3) is 1.00. The fourth-order valence-corrected chi connectivity index (χ4v) is 1.95. The van der Waals surface area contributed by atoms with Gasteiger partial charge in [0.1, 0.15) is 0 Å². The molecule has 1 saturated carbocycles. The van der Waals surface area contributed by atoms with E-state index < -0.39 is 0 Å². The summed E-state index contributed by atoms with van der Waals surface area (Å²) >= 11 is 0. The fourth-order valence-electron chi connectivity index (χ4n) is 1.95. The van der Waals surface area contributed by atoms with E-state index in [4.69, 9.17) is 4.84 Å². The molecule has 11 heavy (non-hydrogen) atoms. The van der Waals surface area contributed by atoms with E-state index in [9.17, 15) is 0 Å². The summed E-state index contributed by atoms with van der Waals surface area (Å²) in [6.45, 7) is 3.37. The Balaban J connectivity index is 2.12. The quantitative estimate of drug-likeness (QED) is 0.632. The summed E-state index contributed by atoms with van der Waals surface area (Å²) in [6, 6.07) is 0. The first kappa shape index (κ1) is 9.01. The van der Waals surface area contributed by atoms with Crippen LogP contribution in [0.25, 0.3) is 0 Å². The zero-order chi connectivity index (χ0) is 8.10. The largest absolute Gasteiger partial charge is 0.305 e. The third-order valence-corrected chi connectivity index (χ3v) is 2.56. The van der Waals surface area contributed by atoms with Gasteiger partial charge in [0.05, 0.1) is 7.11 Å². The van der Waals surface area contributed by atoms with Gasteiger partial charge in [-0.2, -0.15) is 0 Å². The van der Waals surface area contributed by atoms with Crippen LogP contribution in [0.5, 0.6) is 0 Å². The van der Waals surface area contributed by atoms with Crippen LogP contribution in [0, 0.1) is 11.8 Å². The zero-order valence-electron chi connectivity index (χ0n) is 7.60. The molecule has 0 saturated heterocycles. The van der Waals surface area contributed by atoms with Gasteiger partial charge in [0.2, 0.25) is 0 Å². The molecule has 0 aromatic carbocycles. The van der Waals surface area contributed by atoms with Crippen molar-refractivity contribution in [3.05, 3.63) is 0 Å². The van der Waals surface area contributed by atoms with E-state index in [-0.39, 0.29) is 0 Å². The van der Waals surface area contributed by atoms with E-state index in [0.717, 1.165) is 18.4 Å². The van der Waals surface area contributed by atoms with Crippen molar-refractivity contribution < 1.29 is 4.84 Å². The molecule has 0 unspecified atom stereocenters. The molecule has 0 bridgehead atoms. The maximum Gasteiger partial charge on any atom is 0.0572 e. The highest BCUT2D eigenvalue weighted by molar-refractivity contribution is 4.70. The Hall–Kier alpha value is -0.0800. The Morgan fingerprint density at radius 3 is 2.91 bits per heavy atom. The number of nitrogens with one attached hydrogen (secondary N) is 1. The van der Waals surface area contributed by atoms with Crippen LogP contribution in [0.4, 0.5) is 0 Å². The van der Waals surface area contributed by atoms with Gasteiger partial charge in [0, 0.05) is 6.54 Å². The molecular weight excluding hydrogens is 138 g/mol. The molecule has 0 heterocycles. The van der Waals surface area contributed by atoms with Crippen molar-refractivity contribution in [2.24, 2.45) is 11.8 Å². The lowest BCUT2D eigenvalue weighted by Crippen LogP contribution is -2.25. The minimum absolute atomic E-state index is 0.846. The second-order valence-corrected chi connectivity index (χ2v) is 3.69. The highest BCUT2D eigenvalue weighted by Crippen LogP contribution is 2.27. The number of rotatable bonds is 3. The minimum Gasteiger partial charge on any atom is -0.305 e. The van der Waals surface area contributed by atoms with Gasteiger partial charge in [-0.05, 0) is 24.7 Å². The summed E-state index contributed by atoms with van der Waals surface area (Å²) in [4.78, 5) is 4.83. The Kier molecular flexibility index (Phi) is 3.87. The molecule has 0 aliphatic heterocycles. The third-order valence-electron chi connectivity index (χ3n) is 2.56. The van der Waals surface area contributed by atoms with Gasteiger partial charge in [0.25, 0.3) is 0 Å². The van der Waals surface area contributed by atoms with Gasteiger partial charge in [-0.1, -0.05) is 19.8 Å². The SMILES string of the molecule is CONC[C@H]1CCC[C@H](C)C1. The summed E-state index contributed by atoms with van der Waals surface area (Å²) in [5, 5.41) is 0. The predicted octanol–water partition coefficient (Wildman–Crippen LogP) is 1.96. The Morgan fingerprint density at radius 2 is 2.27 bits per heavy atom. The topological polar surface area (TPSA) is 21.3 Å². The van der Waals surface area contributed by atoms with Gasteiger partial charge in [-0.3, -0.25) is 0 Å². The number of hydrogen-bond donors (Lipinski definition) is 1. The maximum absolute atomic E-state index is 4.83. The second-order valence-electron chi connectivity index (χ2n) is 3.69. The van der Waals surface area contributed by atoms with Gasteiger partial charge in [0.15, 0.2) is 0 Å². The molecule has 1 N–H and O–H groups in total. The molecular formula is C9H19NO. The molecule has 0 aromatic rings. The molecule has 1 aliphatic carbocycles.